The van der Waals surface area contributed by atoms with Crippen molar-refractivity contribution < 1.29 is 14.4 Å². The Kier molecular flexibility index (Phi) is 5.37. The number of methoxy groups -OCH3 is 1. The first kappa shape index (κ1) is 15.0. The van der Waals surface area contributed by atoms with Gasteiger partial charge < -0.3 is 10.5 Å². The van der Waals surface area contributed by atoms with Crippen LogP contribution in [0.15, 0.2) is 24.2 Å². The van der Waals surface area contributed by atoms with E-state index in [2.05, 4.69) is 15.2 Å². The van der Waals surface area contributed by atoms with Crippen molar-refractivity contribution in [1.82, 2.24) is 4.98 Å². The summed E-state index contributed by atoms with van der Waals surface area (Å²) in [4.78, 5) is 20.2. The number of hydrogen-bond donors (Lipinski definition) is 3. The van der Waals surface area contributed by atoms with Gasteiger partial charge in [0.25, 0.3) is 0 Å². The highest BCUT2D eigenvalue weighted by molar-refractivity contribution is 6.33. The van der Waals surface area contributed by atoms with Crippen LogP contribution in [0.4, 0.5) is 11.5 Å². The van der Waals surface area contributed by atoms with E-state index in [0.717, 1.165) is 11.2 Å². The highest BCUT2D eigenvalue weighted by Crippen LogP contribution is 2.26. The minimum absolute atomic E-state index is 0.0932. The van der Waals surface area contributed by atoms with E-state index in [9.17, 15) is 4.79 Å². The van der Waals surface area contributed by atoms with E-state index in [1.54, 1.807) is 0 Å². The van der Waals surface area contributed by atoms with Crippen molar-refractivity contribution in [2.24, 2.45) is 11.6 Å². The normalized spacial score (nSPS) is 11.1. The average Bonchev–Trinajstić information content (AvgIpc) is 2.39. The maximum absolute atomic E-state index is 11.4. The molecule has 1 rings (SSSR count). The zero-order chi connectivity index (χ0) is 14.4. The molecule has 0 aliphatic heterocycles. The number of rotatable bonds is 5. The maximum Gasteiger partial charge on any atom is 0.357 e. The van der Waals surface area contributed by atoms with Crippen molar-refractivity contribution in [3.8, 4) is 0 Å². The minimum atomic E-state index is -0.707. The van der Waals surface area contributed by atoms with Crippen LogP contribution in [0.1, 0.15) is 0 Å². The van der Waals surface area contributed by atoms with Gasteiger partial charge in [0.05, 0.1) is 31.1 Å². The number of carbonyl (C=O) groups excluding carboxylic acids is 1. The number of anilines is 2. The van der Waals surface area contributed by atoms with Gasteiger partial charge in [-0.1, -0.05) is 11.6 Å². The Morgan fingerprint density at radius 3 is 2.74 bits per heavy atom. The summed E-state index contributed by atoms with van der Waals surface area (Å²) in [6, 6.07) is 1.53. The number of aromatic nitrogens is 1. The molecular weight excluding hydrogens is 274 g/mol. The molecule has 5 N–H and O–H groups in total. The number of nitrogens with one attached hydrogen (secondary N) is 1. The summed E-state index contributed by atoms with van der Waals surface area (Å²) < 4.78 is 4.54. The Morgan fingerprint density at radius 2 is 2.26 bits per heavy atom. The first-order valence-corrected chi connectivity index (χ1v) is 5.42. The SMILES string of the molecule is CONc1cnc(N(N)/C(=C\N)C(=O)OC)c(Cl)c1. The molecule has 0 spiro atoms. The second kappa shape index (κ2) is 6.78. The fraction of sp³-hybridized carbons (Fsp3) is 0.200. The van der Waals surface area contributed by atoms with Gasteiger partial charge in [0.15, 0.2) is 11.5 Å². The van der Waals surface area contributed by atoms with E-state index in [1.807, 2.05) is 0 Å². The summed E-state index contributed by atoms with van der Waals surface area (Å²) >= 11 is 6.01. The molecule has 0 atom stereocenters. The summed E-state index contributed by atoms with van der Waals surface area (Å²) in [5, 5.41) is 1.14. The molecule has 8 nitrogen and oxygen atoms in total. The van der Waals surface area contributed by atoms with Gasteiger partial charge in [-0.3, -0.25) is 15.3 Å². The number of halogens is 1. The largest absolute Gasteiger partial charge is 0.464 e. The van der Waals surface area contributed by atoms with Gasteiger partial charge in [-0.15, -0.1) is 0 Å². The Labute approximate surface area is 114 Å². The Morgan fingerprint density at radius 1 is 1.58 bits per heavy atom. The van der Waals surface area contributed by atoms with Gasteiger partial charge in [-0.25, -0.2) is 15.6 Å². The molecule has 0 saturated carbocycles. The lowest BCUT2D eigenvalue weighted by molar-refractivity contribution is -0.136. The molecule has 0 fully saturated rings. The predicted molar refractivity (Wildman–Crippen MR) is 70.8 cm³/mol. The van der Waals surface area contributed by atoms with Crippen LogP contribution >= 0.6 is 11.6 Å². The smallest absolute Gasteiger partial charge is 0.357 e. The van der Waals surface area contributed by atoms with E-state index in [4.69, 9.17) is 28.0 Å². The van der Waals surface area contributed by atoms with Crippen LogP contribution in [0.5, 0.6) is 0 Å². The molecule has 0 amide bonds. The lowest BCUT2D eigenvalue weighted by Crippen LogP contribution is -2.36. The number of nitrogens with two attached hydrogens (primary N) is 2. The van der Waals surface area contributed by atoms with Gasteiger partial charge in [0.2, 0.25) is 0 Å². The van der Waals surface area contributed by atoms with E-state index in [-0.39, 0.29) is 16.5 Å². The zero-order valence-electron chi connectivity index (χ0n) is 10.4. The Hall–Kier alpha value is -2.03. The third-order valence-corrected chi connectivity index (χ3v) is 2.36. The Balaban J connectivity index is 3.05. The molecule has 0 aliphatic carbocycles. The second-order valence-corrected chi connectivity index (χ2v) is 3.66. The molecule has 0 aliphatic rings. The molecule has 1 heterocycles. The summed E-state index contributed by atoms with van der Waals surface area (Å²) in [5.41, 5.74) is 8.32. The number of hydrazine groups is 1. The second-order valence-electron chi connectivity index (χ2n) is 3.25. The molecular formula is C10H14ClN5O3. The topological polar surface area (TPSA) is 116 Å². The predicted octanol–water partition coefficient (Wildman–Crippen LogP) is 0.362. The van der Waals surface area contributed by atoms with Crippen molar-refractivity contribution >= 4 is 29.1 Å². The van der Waals surface area contributed by atoms with Gasteiger partial charge in [-0.05, 0) is 6.07 Å². The quantitative estimate of drug-likeness (QED) is 0.308. The van der Waals surface area contributed by atoms with Crippen molar-refractivity contribution in [2.45, 2.75) is 0 Å². The van der Waals surface area contributed by atoms with Crippen LogP contribution in [0.3, 0.4) is 0 Å². The van der Waals surface area contributed by atoms with E-state index in [0.29, 0.717) is 5.69 Å². The third kappa shape index (κ3) is 3.47. The van der Waals surface area contributed by atoms with Crippen LogP contribution in [-0.2, 0) is 14.4 Å². The number of ether oxygens (including phenoxy) is 1. The highest BCUT2D eigenvalue weighted by Gasteiger charge is 2.20. The van der Waals surface area contributed by atoms with Crippen LogP contribution in [0.25, 0.3) is 0 Å². The van der Waals surface area contributed by atoms with Crippen molar-refractivity contribution in [1.29, 1.82) is 0 Å². The summed E-state index contributed by atoms with van der Waals surface area (Å²) in [6.07, 6.45) is 2.43. The lowest BCUT2D eigenvalue weighted by atomic mass is 10.3. The standard InChI is InChI=1S/C10H14ClN5O3/c1-18-10(17)8(4-12)16(13)9-7(11)3-6(5-14-9)15-19-2/h3-5,15H,12-13H2,1-2H3/b8-4-. The first-order valence-electron chi connectivity index (χ1n) is 5.04. The van der Waals surface area contributed by atoms with E-state index >= 15 is 0 Å². The van der Waals surface area contributed by atoms with Crippen molar-refractivity contribution in [3.63, 3.8) is 0 Å². The fourth-order valence-electron chi connectivity index (χ4n) is 1.25. The number of hydrogen-bond acceptors (Lipinski definition) is 8. The summed E-state index contributed by atoms with van der Waals surface area (Å²) in [5.74, 6) is 5.17. The number of esters is 1. The lowest BCUT2D eigenvalue weighted by Gasteiger charge is -2.19. The average molecular weight is 288 g/mol. The molecule has 0 unspecified atom stereocenters. The molecule has 1 aromatic rings. The van der Waals surface area contributed by atoms with E-state index in [1.165, 1.54) is 26.5 Å². The van der Waals surface area contributed by atoms with Crippen LogP contribution < -0.4 is 22.1 Å². The molecule has 0 bridgehead atoms. The molecule has 9 heteroatoms. The molecule has 0 saturated heterocycles. The van der Waals surface area contributed by atoms with Gasteiger partial charge in [-0.2, -0.15) is 0 Å². The van der Waals surface area contributed by atoms with Gasteiger partial charge >= 0.3 is 5.97 Å². The van der Waals surface area contributed by atoms with Gasteiger partial charge in [0, 0.05) is 6.20 Å². The third-order valence-electron chi connectivity index (χ3n) is 2.08. The summed E-state index contributed by atoms with van der Waals surface area (Å²) in [6.45, 7) is 0. The monoisotopic (exact) mass is 287 g/mol. The Bertz CT molecular complexity index is 494. The molecule has 0 aromatic carbocycles. The highest BCUT2D eigenvalue weighted by atomic mass is 35.5. The number of pyridine rings is 1. The van der Waals surface area contributed by atoms with E-state index < -0.39 is 5.97 Å². The summed E-state index contributed by atoms with van der Waals surface area (Å²) in [7, 11) is 2.66. The van der Waals surface area contributed by atoms with Crippen LogP contribution in [0, 0.1) is 0 Å². The molecule has 19 heavy (non-hydrogen) atoms. The van der Waals surface area contributed by atoms with Crippen molar-refractivity contribution in [2.75, 3.05) is 24.7 Å². The van der Waals surface area contributed by atoms with Crippen LogP contribution in [0.2, 0.25) is 5.02 Å². The minimum Gasteiger partial charge on any atom is -0.464 e. The van der Waals surface area contributed by atoms with Gasteiger partial charge in [0.1, 0.15) is 0 Å². The molecule has 0 radical (unpaired) electrons. The first-order chi connectivity index (χ1) is 9.04. The molecule has 104 valence electrons. The molecule has 1 aromatic heterocycles. The zero-order valence-corrected chi connectivity index (χ0v) is 11.1. The fourth-order valence-corrected chi connectivity index (χ4v) is 1.50. The van der Waals surface area contributed by atoms with Crippen LogP contribution in [-0.4, -0.2) is 25.2 Å². The maximum atomic E-state index is 11.4. The van der Waals surface area contributed by atoms with Crippen molar-refractivity contribution in [3.05, 3.63) is 29.2 Å². The number of carbonyl (C=O) groups is 1. The number of nitrogens with zero attached hydrogens (tertiary/aromatic N) is 2.